The van der Waals surface area contributed by atoms with E-state index in [0.717, 1.165) is 16.7 Å². The Kier molecular flexibility index (Phi) is 3.92. The van der Waals surface area contributed by atoms with Gasteiger partial charge in [-0.2, -0.15) is 4.98 Å². The Bertz CT molecular complexity index is 985. The van der Waals surface area contributed by atoms with Gasteiger partial charge < -0.3 is 9.26 Å². The van der Waals surface area contributed by atoms with Gasteiger partial charge in [0.1, 0.15) is 11.4 Å². The molecule has 6 heteroatoms. The number of pyridine rings is 2. The van der Waals surface area contributed by atoms with Crippen LogP contribution in [0, 0.1) is 0 Å². The fraction of sp³-hybridized carbons (Fsp3) is 0.0526. The number of nitrogens with zero attached hydrogens (tertiary/aromatic N) is 4. The first-order chi connectivity index (χ1) is 12.3. The van der Waals surface area contributed by atoms with Gasteiger partial charge in [0.05, 0.1) is 12.7 Å². The van der Waals surface area contributed by atoms with Crippen LogP contribution in [0.1, 0.15) is 0 Å². The van der Waals surface area contributed by atoms with Crippen molar-refractivity contribution in [3.8, 4) is 39.8 Å². The van der Waals surface area contributed by atoms with E-state index in [0.29, 0.717) is 23.2 Å². The summed E-state index contributed by atoms with van der Waals surface area (Å²) in [5.74, 6) is 1.48. The lowest BCUT2D eigenvalue weighted by atomic mass is 10.0. The van der Waals surface area contributed by atoms with Crippen molar-refractivity contribution in [1.82, 2.24) is 20.1 Å². The molecule has 1 aromatic carbocycles. The van der Waals surface area contributed by atoms with E-state index in [9.17, 15) is 0 Å². The average molecular weight is 330 g/mol. The van der Waals surface area contributed by atoms with Gasteiger partial charge in [0.2, 0.25) is 5.82 Å². The summed E-state index contributed by atoms with van der Waals surface area (Å²) in [5.41, 5.74) is 3.44. The molecular weight excluding hydrogens is 316 g/mol. The van der Waals surface area contributed by atoms with Gasteiger partial charge >= 0.3 is 0 Å². The topological polar surface area (TPSA) is 73.9 Å². The van der Waals surface area contributed by atoms with E-state index in [1.807, 2.05) is 48.5 Å². The number of ether oxygens (including phenoxy) is 1. The number of hydrogen-bond acceptors (Lipinski definition) is 6. The van der Waals surface area contributed by atoms with Crippen LogP contribution in [0.15, 0.2) is 71.6 Å². The summed E-state index contributed by atoms with van der Waals surface area (Å²) < 4.78 is 10.9. The molecular formula is C19H14N4O2. The van der Waals surface area contributed by atoms with E-state index >= 15 is 0 Å². The van der Waals surface area contributed by atoms with Crippen LogP contribution in [-0.2, 0) is 0 Å². The summed E-state index contributed by atoms with van der Waals surface area (Å²) in [5, 5.41) is 4.03. The Balaban J connectivity index is 1.78. The molecule has 6 nitrogen and oxygen atoms in total. The van der Waals surface area contributed by atoms with Gasteiger partial charge in [0.15, 0.2) is 0 Å². The molecule has 25 heavy (non-hydrogen) atoms. The van der Waals surface area contributed by atoms with E-state index in [-0.39, 0.29) is 0 Å². The molecule has 0 amide bonds. The lowest BCUT2D eigenvalue weighted by Crippen LogP contribution is -1.90. The van der Waals surface area contributed by atoms with Crippen LogP contribution < -0.4 is 4.74 Å². The van der Waals surface area contributed by atoms with E-state index in [2.05, 4.69) is 20.1 Å². The zero-order chi connectivity index (χ0) is 17.1. The highest BCUT2D eigenvalue weighted by atomic mass is 16.5. The van der Waals surface area contributed by atoms with Gasteiger partial charge in [-0.3, -0.25) is 9.97 Å². The van der Waals surface area contributed by atoms with Crippen molar-refractivity contribution >= 4 is 0 Å². The first kappa shape index (κ1) is 15.0. The summed E-state index contributed by atoms with van der Waals surface area (Å²) in [6.45, 7) is 0. The van der Waals surface area contributed by atoms with Gasteiger partial charge in [-0.1, -0.05) is 17.3 Å². The van der Waals surface area contributed by atoms with Crippen LogP contribution in [0.4, 0.5) is 0 Å². The Morgan fingerprint density at radius 2 is 1.80 bits per heavy atom. The molecule has 0 unspecified atom stereocenters. The third-order valence-corrected chi connectivity index (χ3v) is 3.76. The molecule has 0 aliphatic rings. The summed E-state index contributed by atoms with van der Waals surface area (Å²) in [7, 11) is 1.61. The van der Waals surface area contributed by atoms with Crippen LogP contribution in [0.3, 0.4) is 0 Å². The van der Waals surface area contributed by atoms with Crippen LogP contribution in [0.2, 0.25) is 0 Å². The number of hydrogen-bond donors (Lipinski definition) is 0. The van der Waals surface area contributed by atoms with Crippen molar-refractivity contribution in [1.29, 1.82) is 0 Å². The van der Waals surface area contributed by atoms with E-state index in [1.54, 1.807) is 25.7 Å². The third kappa shape index (κ3) is 2.97. The lowest BCUT2D eigenvalue weighted by molar-refractivity contribution is 0.405. The molecule has 4 aromatic rings. The molecule has 0 aliphatic heterocycles. The van der Waals surface area contributed by atoms with Crippen LogP contribution >= 0.6 is 0 Å². The van der Waals surface area contributed by atoms with Crippen molar-refractivity contribution in [3.63, 3.8) is 0 Å². The largest absolute Gasteiger partial charge is 0.496 e. The molecule has 0 atom stereocenters. The normalized spacial score (nSPS) is 10.6. The molecule has 3 heterocycles. The fourth-order valence-corrected chi connectivity index (χ4v) is 2.53. The molecule has 122 valence electrons. The smallest absolute Gasteiger partial charge is 0.262 e. The highest BCUT2D eigenvalue weighted by Crippen LogP contribution is 2.34. The van der Waals surface area contributed by atoms with E-state index in [4.69, 9.17) is 9.26 Å². The first-order valence-corrected chi connectivity index (χ1v) is 7.69. The minimum atomic E-state index is 0.383. The molecule has 4 rings (SSSR count). The summed E-state index contributed by atoms with van der Waals surface area (Å²) in [4.78, 5) is 12.8. The minimum Gasteiger partial charge on any atom is -0.496 e. The predicted octanol–water partition coefficient (Wildman–Crippen LogP) is 3.87. The Morgan fingerprint density at radius 1 is 0.920 bits per heavy atom. The molecule has 0 radical (unpaired) electrons. The van der Waals surface area contributed by atoms with Crippen molar-refractivity contribution < 1.29 is 9.26 Å². The van der Waals surface area contributed by atoms with Gasteiger partial charge in [-0.25, -0.2) is 0 Å². The van der Waals surface area contributed by atoms with E-state index < -0.39 is 0 Å². The van der Waals surface area contributed by atoms with Gasteiger partial charge in [-0.15, -0.1) is 0 Å². The number of aromatic nitrogens is 4. The van der Waals surface area contributed by atoms with Gasteiger partial charge in [0.25, 0.3) is 5.89 Å². The van der Waals surface area contributed by atoms with Crippen LogP contribution in [-0.4, -0.2) is 27.2 Å². The molecule has 0 saturated carbocycles. The molecule has 0 spiro atoms. The molecule has 0 bridgehead atoms. The zero-order valence-electron chi connectivity index (χ0n) is 13.5. The summed E-state index contributed by atoms with van der Waals surface area (Å²) in [6.07, 6.45) is 5.20. The fourth-order valence-electron chi connectivity index (χ4n) is 2.53. The SMILES string of the molecule is COc1ccc(-c2ccncc2)cc1-c1nc(-c2ccccn2)no1. The maximum absolute atomic E-state index is 5.45. The molecule has 0 N–H and O–H groups in total. The second-order valence-electron chi connectivity index (χ2n) is 5.29. The number of benzene rings is 1. The second kappa shape index (κ2) is 6.52. The maximum Gasteiger partial charge on any atom is 0.262 e. The second-order valence-corrected chi connectivity index (χ2v) is 5.29. The van der Waals surface area contributed by atoms with Crippen molar-refractivity contribution in [3.05, 3.63) is 67.1 Å². The van der Waals surface area contributed by atoms with Crippen molar-refractivity contribution in [2.24, 2.45) is 0 Å². The molecule has 0 aliphatic carbocycles. The number of methoxy groups -OCH3 is 1. The van der Waals surface area contributed by atoms with Crippen LogP contribution in [0.5, 0.6) is 5.75 Å². The highest BCUT2D eigenvalue weighted by Gasteiger charge is 2.16. The maximum atomic E-state index is 5.45. The van der Waals surface area contributed by atoms with Gasteiger partial charge in [0, 0.05) is 18.6 Å². The third-order valence-electron chi connectivity index (χ3n) is 3.76. The molecule has 3 aromatic heterocycles. The van der Waals surface area contributed by atoms with Crippen molar-refractivity contribution in [2.45, 2.75) is 0 Å². The average Bonchev–Trinajstić information content (AvgIpc) is 3.19. The quantitative estimate of drug-likeness (QED) is 0.565. The Labute approximate surface area is 144 Å². The lowest BCUT2D eigenvalue weighted by Gasteiger charge is -2.08. The molecule has 0 fully saturated rings. The Morgan fingerprint density at radius 3 is 2.56 bits per heavy atom. The number of rotatable bonds is 4. The standard InChI is InChI=1S/C19H14N4O2/c1-24-17-6-5-14(13-7-10-20-11-8-13)12-15(17)19-22-18(23-25-19)16-4-2-3-9-21-16/h2-12H,1H3. The predicted molar refractivity (Wildman–Crippen MR) is 92.7 cm³/mol. The highest BCUT2D eigenvalue weighted by molar-refractivity contribution is 5.74. The van der Waals surface area contributed by atoms with Crippen molar-refractivity contribution in [2.75, 3.05) is 7.11 Å². The molecule has 0 saturated heterocycles. The zero-order valence-corrected chi connectivity index (χ0v) is 13.5. The Hall–Kier alpha value is -3.54. The minimum absolute atomic E-state index is 0.383. The first-order valence-electron chi connectivity index (χ1n) is 7.69. The monoisotopic (exact) mass is 330 g/mol. The van der Waals surface area contributed by atoms with Gasteiger partial charge in [-0.05, 0) is 47.5 Å². The van der Waals surface area contributed by atoms with E-state index in [1.165, 1.54) is 0 Å². The van der Waals surface area contributed by atoms with Crippen LogP contribution in [0.25, 0.3) is 34.1 Å². The summed E-state index contributed by atoms with van der Waals surface area (Å²) >= 11 is 0. The summed E-state index contributed by atoms with van der Waals surface area (Å²) in [6, 6.07) is 15.3.